The van der Waals surface area contributed by atoms with E-state index in [0.717, 1.165) is 11.3 Å². The Morgan fingerprint density at radius 2 is 2.21 bits per heavy atom. The molecule has 0 unspecified atom stereocenters. The number of hydrogen-bond acceptors (Lipinski definition) is 6. The van der Waals surface area contributed by atoms with Gasteiger partial charge in [0.15, 0.2) is 18.1 Å². The zero-order chi connectivity index (χ0) is 13.5. The van der Waals surface area contributed by atoms with Crippen molar-refractivity contribution >= 4 is 0 Å². The molecule has 0 saturated heterocycles. The van der Waals surface area contributed by atoms with Gasteiger partial charge in [0, 0.05) is 12.1 Å². The van der Waals surface area contributed by atoms with Gasteiger partial charge >= 0.3 is 0 Å². The molecule has 0 aliphatic carbocycles. The number of benzene rings is 1. The molecule has 0 saturated carbocycles. The van der Waals surface area contributed by atoms with Crippen molar-refractivity contribution in [2.24, 2.45) is 0 Å². The Bertz CT molecular complexity index is 476. The minimum Gasteiger partial charge on any atom is -0.490 e. The van der Waals surface area contributed by atoms with Crippen LogP contribution in [0.4, 0.5) is 0 Å². The third-order valence-corrected chi connectivity index (χ3v) is 2.48. The van der Waals surface area contributed by atoms with Gasteiger partial charge in [-0.25, -0.2) is 0 Å². The normalized spacial score (nSPS) is 10.4. The molecule has 102 valence electrons. The third-order valence-electron chi connectivity index (χ3n) is 2.48. The predicted molar refractivity (Wildman–Crippen MR) is 69.0 cm³/mol. The van der Waals surface area contributed by atoms with E-state index in [-0.39, 0.29) is 6.61 Å². The Hall–Kier alpha value is -2.08. The number of rotatable bonds is 7. The van der Waals surface area contributed by atoms with Gasteiger partial charge in [-0.1, -0.05) is 17.3 Å². The van der Waals surface area contributed by atoms with Crippen LogP contribution < -0.4 is 14.8 Å². The third kappa shape index (κ3) is 3.45. The van der Waals surface area contributed by atoms with E-state index >= 15 is 0 Å². The molecule has 1 aromatic carbocycles. The number of nitrogens with one attached hydrogen (secondary N) is 1. The zero-order valence-electron chi connectivity index (χ0n) is 11.0. The second-order valence-electron chi connectivity index (χ2n) is 3.84. The molecule has 0 spiro atoms. The summed E-state index contributed by atoms with van der Waals surface area (Å²) < 4.78 is 16.0. The van der Waals surface area contributed by atoms with E-state index in [2.05, 4.69) is 20.0 Å². The van der Waals surface area contributed by atoms with Crippen LogP contribution in [0.5, 0.6) is 11.5 Å². The van der Waals surface area contributed by atoms with E-state index < -0.39 is 0 Å². The lowest BCUT2D eigenvalue weighted by Gasteiger charge is -2.14. The molecule has 6 nitrogen and oxygen atoms in total. The minimum atomic E-state index is 0.247. The Kier molecular flexibility index (Phi) is 4.74. The smallest absolute Gasteiger partial charge is 0.213 e. The van der Waals surface area contributed by atoms with Crippen LogP contribution in [-0.4, -0.2) is 23.8 Å². The Balaban J connectivity index is 2.18. The lowest BCUT2D eigenvalue weighted by Crippen LogP contribution is -2.09. The average molecular weight is 263 g/mol. The molecule has 0 fully saturated rings. The van der Waals surface area contributed by atoms with E-state index in [0.29, 0.717) is 24.7 Å². The highest BCUT2D eigenvalue weighted by molar-refractivity contribution is 5.46. The van der Waals surface area contributed by atoms with Crippen molar-refractivity contribution in [1.29, 1.82) is 0 Å². The zero-order valence-corrected chi connectivity index (χ0v) is 11.0. The highest BCUT2D eigenvalue weighted by atomic mass is 16.5. The fourth-order valence-corrected chi connectivity index (χ4v) is 1.72. The van der Waals surface area contributed by atoms with Crippen molar-refractivity contribution in [2.75, 3.05) is 13.7 Å². The van der Waals surface area contributed by atoms with Gasteiger partial charge in [0.25, 0.3) is 0 Å². The topological polar surface area (TPSA) is 69.4 Å². The van der Waals surface area contributed by atoms with Crippen LogP contribution >= 0.6 is 0 Å². The molecule has 0 radical (unpaired) electrons. The first-order chi connectivity index (χ1) is 9.35. The monoisotopic (exact) mass is 263 g/mol. The molecule has 0 aliphatic rings. The maximum atomic E-state index is 5.77. The Morgan fingerprint density at radius 1 is 1.32 bits per heavy atom. The van der Waals surface area contributed by atoms with Crippen LogP contribution in [0.15, 0.2) is 29.1 Å². The molecule has 0 atom stereocenters. The van der Waals surface area contributed by atoms with Gasteiger partial charge in [-0.05, 0) is 20.0 Å². The summed E-state index contributed by atoms with van der Waals surface area (Å²) in [7, 11) is 1.89. The molecule has 0 bridgehead atoms. The van der Waals surface area contributed by atoms with Crippen LogP contribution in [0.2, 0.25) is 0 Å². The average Bonchev–Trinajstić information content (AvgIpc) is 2.92. The minimum absolute atomic E-state index is 0.247. The number of ether oxygens (including phenoxy) is 2. The van der Waals surface area contributed by atoms with Gasteiger partial charge in [0.05, 0.1) is 6.61 Å². The summed E-state index contributed by atoms with van der Waals surface area (Å²) in [5, 5.41) is 6.82. The van der Waals surface area contributed by atoms with Gasteiger partial charge in [-0.2, -0.15) is 4.98 Å². The molecule has 1 heterocycles. The fraction of sp³-hybridized carbons (Fsp3) is 0.385. The van der Waals surface area contributed by atoms with Crippen molar-refractivity contribution in [3.05, 3.63) is 36.0 Å². The highest BCUT2D eigenvalue weighted by Crippen LogP contribution is 2.31. The van der Waals surface area contributed by atoms with Gasteiger partial charge < -0.3 is 19.3 Å². The van der Waals surface area contributed by atoms with Gasteiger partial charge in [0.2, 0.25) is 12.2 Å². The first kappa shape index (κ1) is 13.4. The molecule has 1 aromatic heterocycles. The summed E-state index contributed by atoms with van der Waals surface area (Å²) in [4.78, 5) is 3.92. The quantitative estimate of drug-likeness (QED) is 0.821. The van der Waals surface area contributed by atoms with Crippen LogP contribution in [0.25, 0.3) is 0 Å². The predicted octanol–water partition coefficient (Wildman–Crippen LogP) is 1.77. The second kappa shape index (κ2) is 6.75. The maximum absolute atomic E-state index is 5.77. The highest BCUT2D eigenvalue weighted by Gasteiger charge is 2.11. The van der Waals surface area contributed by atoms with Gasteiger partial charge in [0.1, 0.15) is 0 Å². The molecule has 6 heteroatoms. The summed E-state index contributed by atoms with van der Waals surface area (Å²) in [5.41, 5.74) is 1.02. The van der Waals surface area contributed by atoms with Crippen LogP contribution in [0, 0.1) is 0 Å². The first-order valence-electron chi connectivity index (χ1n) is 6.12. The van der Waals surface area contributed by atoms with Crippen molar-refractivity contribution < 1.29 is 14.0 Å². The van der Waals surface area contributed by atoms with E-state index in [9.17, 15) is 0 Å². The first-order valence-corrected chi connectivity index (χ1v) is 6.12. The lowest BCUT2D eigenvalue weighted by molar-refractivity contribution is 0.255. The molecule has 2 aromatic rings. The van der Waals surface area contributed by atoms with Crippen molar-refractivity contribution in [1.82, 2.24) is 15.5 Å². The summed E-state index contributed by atoms with van der Waals surface area (Å²) >= 11 is 0. The Morgan fingerprint density at radius 3 is 2.89 bits per heavy atom. The van der Waals surface area contributed by atoms with E-state index in [1.54, 1.807) is 0 Å². The van der Waals surface area contributed by atoms with Crippen molar-refractivity contribution in [3.8, 4) is 11.5 Å². The van der Waals surface area contributed by atoms with Crippen LogP contribution in [-0.2, 0) is 13.2 Å². The number of hydrogen-bond donors (Lipinski definition) is 1. The summed E-state index contributed by atoms with van der Waals surface area (Å²) in [6.07, 6.45) is 1.28. The molecular weight excluding hydrogens is 246 g/mol. The van der Waals surface area contributed by atoms with E-state index in [1.807, 2.05) is 32.2 Å². The van der Waals surface area contributed by atoms with Crippen molar-refractivity contribution in [2.45, 2.75) is 20.1 Å². The lowest BCUT2D eigenvalue weighted by atomic mass is 10.2. The summed E-state index contributed by atoms with van der Waals surface area (Å²) in [6, 6.07) is 5.82. The molecule has 2 rings (SSSR count). The number of aromatic nitrogens is 2. The van der Waals surface area contributed by atoms with Gasteiger partial charge in [-0.15, -0.1) is 0 Å². The molecule has 19 heavy (non-hydrogen) atoms. The molecule has 0 aliphatic heterocycles. The second-order valence-corrected chi connectivity index (χ2v) is 3.84. The van der Waals surface area contributed by atoms with E-state index in [1.165, 1.54) is 6.39 Å². The largest absolute Gasteiger partial charge is 0.490 e. The summed E-state index contributed by atoms with van der Waals surface area (Å²) in [5.74, 6) is 1.93. The Labute approximate surface area is 111 Å². The number of para-hydroxylation sites is 1. The van der Waals surface area contributed by atoms with Crippen LogP contribution in [0.1, 0.15) is 18.3 Å². The number of nitrogens with zero attached hydrogens (tertiary/aromatic N) is 2. The summed E-state index contributed by atoms with van der Waals surface area (Å²) in [6.45, 7) is 3.47. The van der Waals surface area contributed by atoms with Crippen molar-refractivity contribution in [3.63, 3.8) is 0 Å². The van der Waals surface area contributed by atoms with E-state index in [4.69, 9.17) is 9.47 Å². The van der Waals surface area contributed by atoms with Gasteiger partial charge in [-0.3, -0.25) is 0 Å². The van der Waals surface area contributed by atoms with Crippen LogP contribution in [0.3, 0.4) is 0 Å². The standard InChI is InChI=1S/C13H17N3O3/c1-3-17-11-6-4-5-10(7-14-2)13(11)18-8-12-15-9-19-16-12/h4-6,9,14H,3,7-8H2,1-2H3. The molecule has 0 amide bonds. The SMILES string of the molecule is CCOc1cccc(CNC)c1OCc1ncon1. The fourth-order valence-electron chi connectivity index (χ4n) is 1.72. The maximum Gasteiger partial charge on any atom is 0.213 e. The molecular formula is C13H17N3O3. The molecule has 1 N–H and O–H groups in total.